The van der Waals surface area contributed by atoms with Crippen LogP contribution in [-0.4, -0.2) is 26.6 Å². The highest BCUT2D eigenvalue weighted by Crippen LogP contribution is 2.18. The fraction of sp³-hybridized carbons (Fsp3) is 0.182. The van der Waals surface area contributed by atoms with E-state index in [1.54, 1.807) is 4.68 Å². The summed E-state index contributed by atoms with van der Waals surface area (Å²) in [6, 6.07) is 4.82. The van der Waals surface area contributed by atoms with Gasteiger partial charge in [-0.05, 0) is 25.1 Å². The summed E-state index contributed by atoms with van der Waals surface area (Å²) >= 11 is 0. The molecule has 0 spiro atoms. The minimum absolute atomic E-state index is 0.196. The maximum absolute atomic E-state index is 12.2. The monoisotopic (exact) mass is 330 g/mol. The van der Waals surface area contributed by atoms with Crippen LogP contribution in [-0.2, 0) is 26.6 Å². The van der Waals surface area contributed by atoms with Gasteiger partial charge in [-0.2, -0.15) is 5.10 Å². The Morgan fingerprint density at radius 2 is 1.90 bits per heavy atom. The molecule has 0 radical (unpaired) electrons. The van der Waals surface area contributed by atoms with Crippen LogP contribution in [0.25, 0.3) is 0 Å². The Kier molecular flexibility index (Phi) is 4.03. The number of rotatable bonds is 5. The van der Waals surface area contributed by atoms with Crippen molar-refractivity contribution in [1.82, 2.24) is 9.78 Å². The third-order valence-corrected chi connectivity index (χ3v) is 4.94. The van der Waals surface area contributed by atoms with Crippen LogP contribution >= 0.6 is 0 Å². The Hall–Kier alpha value is -1.91. The van der Waals surface area contributed by atoms with E-state index < -0.39 is 20.0 Å². The molecule has 2 aromatic rings. The molecule has 0 aliphatic carbocycles. The number of sulfonamides is 2. The van der Waals surface area contributed by atoms with Gasteiger partial charge in [0.1, 0.15) is 0 Å². The van der Waals surface area contributed by atoms with Crippen molar-refractivity contribution in [3.8, 4) is 0 Å². The summed E-state index contributed by atoms with van der Waals surface area (Å²) in [7, 11) is -7.88. The van der Waals surface area contributed by atoms with E-state index in [4.69, 9.17) is 5.14 Å². The van der Waals surface area contributed by atoms with Gasteiger partial charge in [0.25, 0.3) is 10.0 Å². The molecule has 3 N–H and O–H groups in total. The molecule has 0 bridgehead atoms. The van der Waals surface area contributed by atoms with Crippen molar-refractivity contribution in [2.75, 3.05) is 4.72 Å². The zero-order valence-electron chi connectivity index (χ0n) is 11.1. The van der Waals surface area contributed by atoms with Crippen molar-refractivity contribution >= 4 is 25.7 Å². The zero-order chi connectivity index (χ0) is 15.7. The third-order valence-electron chi connectivity index (χ3n) is 2.65. The molecule has 0 amide bonds. The van der Waals surface area contributed by atoms with Gasteiger partial charge in [-0.1, -0.05) is 6.07 Å². The first-order valence-corrected chi connectivity index (χ1v) is 8.93. The number of nitrogens with two attached hydrogens (primary N) is 1. The lowest BCUT2D eigenvalue weighted by atomic mass is 10.4. The lowest BCUT2D eigenvalue weighted by Gasteiger charge is -2.07. The molecule has 0 saturated heterocycles. The highest BCUT2D eigenvalue weighted by atomic mass is 32.2. The van der Waals surface area contributed by atoms with Crippen molar-refractivity contribution in [3.05, 3.63) is 36.7 Å². The maximum Gasteiger partial charge on any atom is 0.262 e. The smallest absolute Gasteiger partial charge is 0.262 e. The van der Waals surface area contributed by atoms with Gasteiger partial charge in [-0.15, -0.1) is 0 Å². The van der Waals surface area contributed by atoms with E-state index in [1.165, 1.54) is 30.6 Å². The molecule has 0 unspecified atom stereocenters. The van der Waals surface area contributed by atoms with Crippen LogP contribution in [0.1, 0.15) is 6.92 Å². The molecule has 0 aliphatic heterocycles. The summed E-state index contributed by atoms with van der Waals surface area (Å²) in [5.74, 6) is 0. The van der Waals surface area contributed by atoms with Gasteiger partial charge in [-0.25, -0.2) is 22.0 Å². The van der Waals surface area contributed by atoms with E-state index in [1.807, 2.05) is 6.92 Å². The molecule has 0 atom stereocenters. The third kappa shape index (κ3) is 3.60. The van der Waals surface area contributed by atoms with Crippen LogP contribution in [0.2, 0.25) is 0 Å². The van der Waals surface area contributed by atoms with Crippen LogP contribution in [0.15, 0.2) is 46.5 Å². The molecule has 21 heavy (non-hydrogen) atoms. The first-order chi connectivity index (χ1) is 9.72. The molecule has 1 aromatic heterocycles. The number of anilines is 1. The molecular formula is C11H14N4O4S2. The number of hydrogen-bond donors (Lipinski definition) is 2. The molecule has 2 rings (SSSR count). The second kappa shape index (κ2) is 5.47. The minimum atomic E-state index is -3.97. The average molecular weight is 330 g/mol. The van der Waals surface area contributed by atoms with Gasteiger partial charge in [-0.3, -0.25) is 9.40 Å². The van der Waals surface area contributed by atoms with Gasteiger partial charge >= 0.3 is 0 Å². The fourth-order valence-electron chi connectivity index (χ4n) is 1.62. The Morgan fingerprint density at radius 1 is 1.24 bits per heavy atom. The lowest BCUT2D eigenvalue weighted by Crippen LogP contribution is -2.15. The van der Waals surface area contributed by atoms with Crippen LogP contribution in [0.4, 0.5) is 5.69 Å². The number of benzene rings is 1. The maximum atomic E-state index is 12.2. The van der Waals surface area contributed by atoms with Gasteiger partial charge < -0.3 is 0 Å². The van der Waals surface area contributed by atoms with Gasteiger partial charge in [0.05, 0.1) is 21.7 Å². The number of aromatic nitrogens is 2. The summed E-state index contributed by atoms with van der Waals surface area (Å²) in [5.41, 5.74) is 0.290. The predicted octanol–water partition coefficient (Wildman–Crippen LogP) is 0.351. The molecule has 10 heteroatoms. The SMILES string of the molecule is CCn1cc(NS(=O)(=O)c2cccc(S(N)(=O)=O)c2)cn1. The van der Waals surface area contributed by atoms with Gasteiger partial charge in [0.2, 0.25) is 10.0 Å². The highest BCUT2D eigenvalue weighted by Gasteiger charge is 2.18. The number of nitrogens with zero attached hydrogens (tertiary/aromatic N) is 2. The Bertz CT molecular complexity index is 856. The number of nitrogens with one attached hydrogen (secondary N) is 1. The quantitative estimate of drug-likeness (QED) is 0.818. The van der Waals surface area contributed by atoms with Crippen molar-refractivity contribution in [2.24, 2.45) is 5.14 Å². The van der Waals surface area contributed by atoms with E-state index >= 15 is 0 Å². The second-order valence-electron chi connectivity index (χ2n) is 4.21. The van der Waals surface area contributed by atoms with Gasteiger partial charge in [0.15, 0.2) is 0 Å². The number of primary sulfonamides is 1. The summed E-state index contributed by atoms with van der Waals surface area (Å²) < 4.78 is 50.8. The van der Waals surface area contributed by atoms with E-state index in [9.17, 15) is 16.8 Å². The molecule has 0 aliphatic rings. The first kappa shape index (κ1) is 15.5. The zero-order valence-corrected chi connectivity index (χ0v) is 12.7. The molecular weight excluding hydrogens is 316 g/mol. The standard InChI is InChI=1S/C11H14N4O4S2/c1-2-15-8-9(7-13-15)14-21(18,19)11-5-3-4-10(6-11)20(12,16)17/h3-8,14H,2H2,1H3,(H2,12,16,17). The molecule has 114 valence electrons. The highest BCUT2D eigenvalue weighted by molar-refractivity contribution is 7.93. The van der Waals surface area contributed by atoms with E-state index in [2.05, 4.69) is 9.82 Å². The fourth-order valence-corrected chi connectivity index (χ4v) is 3.33. The Morgan fingerprint density at radius 3 is 2.48 bits per heavy atom. The predicted molar refractivity (Wildman–Crippen MR) is 76.5 cm³/mol. The van der Waals surface area contributed by atoms with Crippen molar-refractivity contribution in [2.45, 2.75) is 23.3 Å². The second-order valence-corrected chi connectivity index (χ2v) is 7.45. The minimum Gasteiger partial charge on any atom is -0.276 e. The summed E-state index contributed by atoms with van der Waals surface area (Å²) in [5, 5.41) is 8.93. The van der Waals surface area contributed by atoms with Crippen LogP contribution in [0, 0.1) is 0 Å². The number of aryl methyl sites for hydroxylation is 1. The van der Waals surface area contributed by atoms with Crippen LogP contribution in [0.5, 0.6) is 0 Å². The normalized spacial score (nSPS) is 12.3. The topological polar surface area (TPSA) is 124 Å². The van der Waals surface area contributed by atoms with Crippen molar-refractivity contribution in [3.63, 3.8) is 0 Å². The number of hydrogen-bond acceptors (Lipinski definition) is 5. The average Bonchev–Trinajstić information content (AvgIpc) is 2.85. The van der Waals surface area contributed by atoms with Crippen molar-refractivity contribution in [1.29, 1.82) is 0 Å². The molecule has 1 heterocycles. The van der Waals surface area contributed by atoms with E-state index in [0.29, 0.717) is 6.54 Å². The van der Waals surface area contributed by atoms with E-state index in [-0.39, 0.29) is 15.5 Å². The Labute approximate surface area is 122 Å². The molecule has 8 nitrogen and oxygen atoms in total. The van der Waals surface area contributed by atoms with Crippen LogP contribution < -0.4 is 9.86 Å². The largest absolute Gasteiger partial charge is 0.276 e. The summed E-state index contributed by atoms with van der Waals surface area (Å²) in [6.45, 7) is 2.46. The Balaban J connectivity index is 2.35. The summed E-state index contributed by atoms with van der Waals surface area (Å²) in [4.78, 5) is -0.465. The van der Waals surface area contributed by atoms with Crippen molar-refractivity contribution < 1.29 is 16.8 Å². The van der Waals surface area contributed by atoms with E-state index in [0.717, 1.165) is 6.07 Å². The lowest BCUT2D eigenvalue weighted by molar-refractivity contribution is 0.597. The first-order valence-electron chi connectivity index (χ1n) is 5.90. The molecule has 0 saturated carbocycles. The van der Waals surface area contributed by atoms with Gasteiger partial charge in [0, 0.05) is 12.7 Å². The molecule has 1 aromatic carbocycles. The van der Waals surface area contributed by atoms with Crippen LogP contribution in [0.3, 0.4) is 0 Å². The molecule has 0 fully saturated rings. The summed E-state index contributed by atoms with van der Waals surface area (Å²) in [6.07, 6.45) is 2.89.